The number of ether oxygens (including phenoxy) is 2. The minimum atomic E-state index is -0.586. The number of rotatable bonds is 4. The Labute approximate surface area is 177 Å². The lowest BCUT2D eigenvalue weighted by atomic mass is 9.90. The van der Waals surface area contributed by atoms with E-state index in [-0.39, 0.29) is 18.4 Å². The third-order valence-electron chi connectivity index (χ3n) is 5.29. The van der Waals surface area contributed by atoms with Crippen molar-refractivity contribution in [2.24, 2.45) is 0 Å². The van der Waals surface area contributed by atoms with E-state index in [1.165, 1.54) is 0 Å². The first-order chi connectivity index (χ1) is 14.2. The Morgan fingerprint density at radius 3 is 2.53 bits per heavy atom. The Morgan fingerprint density at radius 1 is 1.17 bits per heavy atom. The van der Waals surface area contributed by atoms with Crippen molar-refractivity contribution in [3.8, 4) is 5.75 Å². The summed E-state index contributed by atoms with van der Waals surface area (Å²) >= 11 is 0. The smallest absolute Gasteiger partial charge is 0.408 e. The van der Waals surface area contributed by atoms with Crippen molar-refractivity contribution >= 4 is 23.6 Å². The van der Waals surface area contributed by atoms with E-state index in [1.54, 1.807) is 18.2 Å². The molecule has 3 amide bonds. The molecule has 0 saturated heterocycles. The van der Waals surface area contributed by atoms with E-state index in [0.717, 1.165) is 38.5 Å². The molecule has 1 saturated carbocycles. The maximum atomic E-state index is 12.8. The van der Waals surface area contributed by atoms with E-state index in [2.05, 4.69) is 16.0 Å². The second kappa shape index (κ2) is 8.93. The summed E-state index contributed by atoms with van der Waals surface area (Å²) in [5.41, 5.74) is -0.133. The molecule has 1 heterocycles. The van der Waals surface area contributed by atoms with Crippen LogP contribution >= 0.6 is 0 Å². The molecule has 1 aromatic carbocycles. The molecule has 2 aliphatic rings. The Kier molecular flexibility index (Phi) is 6.53. The van der Waals surface area contributed by atoms with Crippen LogP contribution in [0.4, 0.5) is 10.5 Å². The second-order valence-corrected chi connectivity index (χ2v) is 9.05. The summed E-state index contributed by atoms with van der Waals surface area (Å²) in [4.78, 5) is 36.6. The number of amides is 3. The van der Waals surface area contributed by atoms with Gasteiger partial charge in [-0.3, -0.25) is 9.59 Å². The highest BCUT2D eigenvalue weighted by Crippen LogP contribution is 2.29. The predicted molar refractivity (Wildman–Crippen MR) is 113 cm³/mol. The number of benzene rings is 1. The number of hydrogen-bond acceptors (Lipinski definition) is 5. The third-order valence-corrected chi connectivity index (χ3v) is 5.29. The van der Waals surface area contributed by atoms with E-state index >= 15 is 0 Å². The molecule has 1 aromatic rings. The molecule has 0 atom stereocenters. The Balaban J connectivity index is 1.68. The molecule has 8 heteroatoms. The number of carbonyl (C=O) groups is 3. The van der Waals surface area contributed by atoms with Crippen molar-refractivity contribution in [3.63, 3.8) is 0 Å². The Hall–Kier alpha value is -2.77. The largest absolute Gasteiger partial charge is 0.482 e. The minimum Gasteiger partial charge on any atom is -0.482 e. The lowest BCUT2D eigenvalue weighted by Crippen LogP contribution is -2.56. The number of carbonyl (C=O) groups excluding carboxylic acids is 3. The van der Waals surface area contributed by atoms with Crippen LogP contribution in [0.5, 0.6) is 5.75 Å². The van der Waals surface area contributed by atoms with Gasteiger partial charge in [-0.25, -0.2) is 4.79 Å². The van der Waals surface area contributed by atoms with Crippen molar-refractivity contribution in [3.05, 3.63) is 23.8 Å². The SMILES string of the molecule is CC(C)(C)OC(=O)NC1(CNC(=O)c2ccc3c(c2)OCC(=O)N3)CCCCCC1. The lowest BCUT2D eigenvalue weighted by Gasteiger charge is -2.35. The lowest BCUT2D eigenvalue weighted by molar-refractivity contribution is -0.118. The molecule has 0 bridgehead atoms. The molecular weight excluding hydrogens is 386 g/mol. The number of fused-ring (bicyclic) bond motifs is 1. The summed E-state index contributed by atoms with van der Waals surface area (Å²) in [6.07, 6.45) is 5.30. The molecule has 3 N–H and O–H groups in total. The third kappa shape index (κ3) is 5.87. The first kappa shape index (κ1) is 21.9. The van der Waals surface area contributed by atoms with Crippen LogP contribution in [-0.2, 0) is 9.53 Å². The van der Waals surface area contributed by atoms with E-state index in [9.17, 15) is 14.4 Å². The van der Waals surface area contributed by atoms with Gasteiger partial charge in [0.2, 0.25) is 0 Å². The first-order valence-electron chi connectivity index (χ1n) is 10.5. The van der Waals surface area contributed by atoms with Crippen molar-refractivity contribution in [1.82, 2.24) is 10.6 Å². The summed E-state index contributed by atoms with van der Waals surface area (Å²) in [6.45, 7) is 5.73. The van der Waals surface area contributed by atoms with Gasteiger partial charge in [-0.1, -0.05) is 25.7 Å². The summed E-state index contributed by atoms with van der Waals surface area (Å²) in [6, 6.07) is 4.91. The maximum absolute atomic E-state index is 12.8. The van der Waals surface area contributed by atoms with Gasteiger partial charge in [0, 0.05) is 12.1 Å². The first-order valence-corrected chi connectivity index (χ1v) is 10.5. The van der Waals surface area contributed by atoms with Gasteiger partial charge < -0.3 is 25.4 Å². The van der Waals surface area contributed by atoms with Gasteiger partial charge in [0.05, 0.1) is 11.2 Å². The van der Waals surface area contributed by atoms with Crippen LogP contribution in [0.2, 0.25) is 0 Å². The second-order valence-electron chi connectivity index (χ2n) is 9.05. The molecule has 164 valence electrons. The summed E-state index contributed by atoms with van der Waals surface area (Å²) in [5.74, 6) is -0.00514. The van der Waals surface area contributed by atoms with E-state index in [1.807, 2.05) is 20.8 Å². The maximum Gasteiger partial charge on any atom is 0.408 e. The van der Waals surface area contributed by atoms with Gasteiger partial charge in [-0.05, 0) is 51.8 Å². The van der Waals surface area contributed by atoms with Crippen molar-refractivity contribution in [1.29, 1.82) is 0 Å². The van der Waals surface area contributed by atoms with Gasteiger partial charge in [-0.2, -0.15) is 0 Å². The van der Waals surface area contributed by atoms with E-state index in [0.29, 0.717) is 23.5 Å². The number of nitrogens with one attached hydrogen (secondary N) is 3. The quantitative estimate of drug-likeness (QED) is 0.652. The fraction of sp³-hybridized carbons (Fsp3) is 0.591. The van der Waals surface area contributed by atoms with Crippen LogP contribution in [-0.4, -0.2) is 42.2 Å². The van der Waals surface area contributed by atoms with Crippen molar-refractivity contribution < 1.29 is 23.9 Å². The molecule has 1 aliphatic heterocycles. The highest BCUT2D eigenvalue weighted by molar-refractivity contribution is 5.99. The number of alkyl carbamates (subject to hydrolysis) is 1. The van der Waals surface area contributed by atoms with Gasteiger partial charge in [-0.15, -0.1) is 0 Å². The number of hydrogen-bond donors (Lipinski definition) is 3. The molecule has 0 radical (unpaired) electrons. The van der Waals surface area contributed by atoms with Gasteiger partial charge >= 0.3 is 6.09 Å². The summed E-state index contributed by atoms with van der Waals surface area (Å²) in [5, 5.41) is 8.72. The van der Waals surface area contributed by atoms with E-state index < -0.39 is 17.2 Å². The van der Waals surface area contributed by atoms with Crippen LogP contribution in [0.1, 0.15) is 69.7 Å². The average Bonchev–Trinajstić information content (AvgIpc) is 2.90. The predicted octanol–water partition coefficient (Wildman–Crippen LogP) is 3.37. The standard InChI is InChI=1S/C22H31N3O5/c1-21(2,3)30-20(28)25-22(10-6-4-5-7-11-22)14-23-19(27)15-8-9-16-17(12-15)29-13-18(26)24-16/h8-9,12H,4-7,10-11,13-14H2,1-3H3,(H,23,27)(H,24,26)(H,25,28). The monoisotopic (exact) mass is 417 g/mol. The highest BCUT2D eigenvalue weighted by atomic mass is 16.6. The molecule has 1 aliphatic carbocycles. The molecule has 8 nitrogen and oxygen atoms in total. The zero-order chi connectivity index (χ0) is 21.8. The van der Waals surface area contributed by atoms with Gasteiger partial charge in [0.25, 0.3) is 11.8 Å². The normalized spacial score (nSPS) is 18.2. The molecule has 0 spiro atoms. The molecule has 30 heavy (non-hydrogen) atoms. The highest BCUT2D eigenvalue weighted by Gasteiger charge is 2.34. The van der Waals surface area contributed by atoms with Crippen LogP contribution in [0, 0.1) is 0 Å². The van der Waals surface area contributed by atoms with Crippen LogP contribution in [0.15, 0.2) is 18.2 Å². The summed E-state index contributed by atoms with van der Waals surface area (Å²) < 4.78 is 10.8. The zero-order valence-corrected chi connectivity index (χ0v) is 17.9. The fourth-order valence-corrected chi connectivity index (χ4v) is 3.84. The molecule has 0 aromatic heterocycles. The average molecular weight is 418 g/mol. The summed E-state index contributed by atoms with van der Waals surface area (Å²) in [7, 11) is 0. The number of anilines is 1. The van der Waals surface area contributed by atoms with Crippen LogP contribution < -0.4 is 20.7 Å². The van der Waals surface area contributed by atoms with Crippen LogP contribution in [0.3, 0.4) is 0 Å². The molecule has 3 rings (SSSR count). The fourth-order valence-electron chi connectivity index (χ4n) is 3.84. The topological polar surface area (TPSA) is 106 Å². The Bertz CT molecular complexity index is 807. The van der Waals surface area contributed by atoms with Crippen LogP contribution in [0.25, 0.3) is 0 Å². The van der Waals surface area contributed by atoms with Crippen molar-refractivity contribution in [2.45, 2.75) is 70.4 Å². The molecular formula is C22H31N3O5. The van der Waals surface area contributed by atoms with E-state index in [4.69, 9.17) is 9.47 Å². The van der Waals surface area contributed by atoms with Gasteiger partial charge in [0.15, 0.2) is 6.61 Å². The zero-order valence-electron chi connectivity index (χ0n) is 17.9. The molecule has 0 unspecified atom stereocenters. The van der Waals surface area contributed by atoms with Crippen molar-refractivity contribution in [2.75, 3.05) is 18.5 Å². The Morgan fingerprint density at radius 2 is 1.87 bits per heavy atom. The minimum absolute atomic E-state index is 0.0685. The van der Waals surface area contributed by atoms with Gasteiger partial charge in [0.1, 0.15) is 11.4 Å². The molecule has 1 fully saturated rings.